The second-order valence-electron chi connectivity index (χ2n) is 3.85. The molecule has 0 radical (unpaired) electrons. The molecule has 0 atom stereocenters. The van der Waals surface area contributed by atoms with Crippen LogP contribution in [0, 0.1) is 0 Å². The van der Waals surface area contributed by atoms with E-state index in [0.717, 1.165) is 6.54 Å². The van der Waals surface area contributed by atoms with Crippen molar-refractivity contribution in [1.29, 1.82) is 0 Å². The fraction of sp³-hybridized carbons (Fsp3) is 1.00. The van der Waals surface area contributed by atoms with Crippen molar-refractivity contribution in [1.82, 2.24) is 18.7 Å². The van der Waals surface area contributed by atoms with Crippen LogP contribution in [-0.4, -0.2) is 71.2 Å². The van der Waals surface area contributed by atoms with E-state index in [1.165, 1.54) is 0 Å². The lowest BCUT2D eigenvalue weighted by molar-refractivity contribution is 0.357. The normalized spacial score (nSPS) is 13.4. The molecule has 0 aromatic carbocycles. The second kappa shape index (κ2) is 5.07. The molecule has 0 saturated heterocycles. The standard InChI is InChI=1S/C8H24N4Si/c1-8-9-13(10(2)3,11(4)5)12(6)7/h9H,8H2,1-7H3. The van der Waals surface area contributed by atoms with Crippen molar-refractivity contribution in [3.05, 3.63) is 0 Å². The third kappa shape index (κ3) is 2.51. The van der Waals surface area contributed by atoms with Crippen LogP contribution in [-0.2, 0) is 0 Å². The Morgan fingerprint density at radius 2 is 1.15 bits per heavy atom. The van der Waals surface area contributed by atoms with Gasteiger partial charge in [-0.05, 0) is 48.8 Å². The van der Waals surface area contributed by atoms with Crippen LogP contribution >= 0.6 is 0 Å². The minimum absolute atomic E-state index is 1.00. The third-order valence-electron chi connectivity index (χ3n) is 2.28. The maximum atomic E-state index is 3.61. The predicted molar refractivity (Wildman–Crippen MR) is 60.5 cm³/mol. The smallest absolute Gasteiger partial charge is 0.301 e. The fourth-order valence-electron chi connectivity index (χ4n) is 1.91. The summed E-state index contributed by atoms with van der Waals surface area (Å²) in [6, 6.07) is 0. The van der Waals surface area contributed by atoms with E-state index in [9.17, 15) is 0 Å². The number of hydrogen-bond donors (Lipinski definition) is 1. The molecule has 0 aromatic heterocycles. The Hall–Kier alpha value is 0.0569. The zero-order valence-electron chi connectivity index (χ0n) is 10.0. The maximum Gasteiger partial charge on any atom is 0.372 e. The molecule has 0 amide bonds. The molecule has 5 heteroatoms. The summed E-state index contributed by atoms with van der Waals surface area (Å²) in [5.41, 5.74) is 0. The summed E-state index contributed by atoms with van der Waals surface area (Å²) in [5.74, 6) is 0. The zero-order valence-corrected chi connectivity index (χ0v) is 11.0. The summed E-state index contributed by atoms with van der Waals surface area (Å²) in [7, 11) is 11.0. The van der Waals surface area contributed by atoms with Crippen LogP contribution < -0.4 is 4.98 Å². The highest BCUT2D eigenvalue weighted by Crippen LogP contribution is 2.07. The molecule has 0 aromatic rings. The molecule has 4 nitrogen and oxygen atoms in total. The van der Waals surface area contributed by atoms with Gasteiger partial charge in [0.15, 0.2) is 0 Å². The first-order valence-electron chi connectivity index (χ1n) is 4.66. The first kappa shape index (κ1) is 13.1. The minimum Gasteiger partial charge on any atom is -0.301 e. The van der Waals surface area contributed by atoms with Gasteiger partial charge in [0.05, 0.1) is 0 Å². The van der Waals surface area contributed by atoms with Crippen molar-refractivity contribution in [2.75, 3.05) is 48.8 Å². The van der Waals surface area contributed by atoms with Crippen LogP contribution in [0.15, 0.2) is 0 Å². The Morgan fingerprint density at radius 3 is 1.23 bits per heavy atom. The molecule has 0 unspecified atom stereocenters. The molecule has 1 N–H and O–H groups in total. The lowest BCUT2D eigenvalue weighted by Gasteiger charge is -2.46. The van der Waals surface area contributed by atoms with Crippen molar-refractivity contribution in [2.24, 2.45) is 0 Å². The molecule has 0 spiro atoms. The molecular weight excluding hydrogens is 180 g/mol. The molecule has 80 valence electrons. The summed E-state index contributed by atoms with van der Waals surface area (Å²) in [6.45, 7) is 3.15. The van der Waals surface area contributed by atoms with Crippen LogP contribution in [0.1, 0.15) is 6.92 Å². The van der Waals surface area contributed by atoms with Gasteiger partial charge in [0, 0.05) is 0 Å². The predicted octanol–water partition coefficient (Wildman–Crippen LogP) is -0.284. The van der Waals surface area contributed by atoms with Gasteiger partial charge >= 0.3 is 8.72 Å². The molecule has 0 aliphatic carbocycles. The van der Waals surface area contributed by atoms with Crippen LogP contribution in [0.2, 0.25) is 0 Å². The van der Waals surface area contributed by atoms with E-state index in [4.69, 9.17) is 0 Å². The lowest BCUT2D eigenvalue weighted by atomic mass is 10.8. The van der Waals surface area contributed by atoms with Gasteiger partial charge in [-0.25, -0.2) is 0 Å². The van der Waals surface area contributed by atoms with Gasteiger partial charge < -0.3 is 4.98 Å². The SMILES string of the molecule is CCN[Si](N(C)C)(N(C)C)N(C)C. The van der Waals surface area contributed by atoms with Crippen LogP contribution in [0.25, 0.3) is 0 Å². The summed E-state index contributed by atoms with van der Waals surface area (Å²) in [4.78, 5) is 3.61. The average Bonchev–Trinajstić information content (AvgIpc) is 1.97. The number of hydrogen-bond acceptors (Lipinski definition) is 4. The van der Waals surface area contributed by atoms with E-state index in [1.54, 1.807) is 0 Å². The van der Waals surface area contributed by atoms with Crippen LogP contribution in [0.5, 0.6) is 0 Å². The van der Waals surface area contributed by atoms with E-state index in [0.29, 0.717) is 0 Å². The van der Waals surface area contributed by atoms with Gasteiger partial charge in [-0.15, -0.1) is 0 Å². The summed E-state index contributed by atoms with van der Waals surface area (Å²) >= 11 is 0. The number of nitrogens with zero attached hydrogens (tertiary/aromatic N) is 3. The van der Waals surface area contributed by atoms with Gasteiger partial charge in [0.25, 0.3) is 0 Å². The Bertz CT molecular complexity index is 125. The molecule has 0 saturated carbocycles. The highest BCUT2D eigenvalue weighted by molar-refractivity contribution is 6.68. The van der Waals surface area contributed by atoms with Gasteiger partial charge in [0.1, 0.15) is 0 Å². The van der Waals surface area contributed by atoms with Crippen molar-refractivity contribution < 1.29 is 0 Å². The van der Waals surface area contributed by atoms with Gasteiger partial charge in [-0.1, -0.05) is 6.92 Å². The summed E-state index contributed by atoms with van der Waals surface area (Å²) < 4.78 is 6.91. The summed E-state index contributed by atoms with van der Waals surface area (Å²) in [5, 5.41) is 0. The third-order valence-corrected chi connectivity index (χ3v) is 6.85. The molecular formula is C8H24N4Si. The number of rotatable bonds is 5. The second-order valence-corrected chi connectivity index (χ2v) is 8.16. The molecule has 0 rings (SSSR count). The highest BCUT2D eigenvalue weighted by atomic mass is 28.4. The fourth-order valence-corrected chi connectivity index (χ4v) is 5.73. The monoisotopic (exact) mass is 204 g/mol. The van der Waals surface area contributed by atoms with E-state index >= 15 is 0 Å². The molecule has 0 aliphatic heterocycles. The largest absolute Gasteiger partial charge is 0.372 e. The van der Waals surface area contributed by atoms with Gasteiger partial charge in [0.2, 0.25) is 0 Å². The first-order chi connectivity index (χ1) is 5.89. The molecule has 0 fully saturated rings. The average molecular weight is 204 g/mol. The van der Waals surface area contributed by atoms with Crippen LogP contribution in [0.3, 0.4) is 0 Å². The quantitative estimate of drug-likeness (QED) is 0.622. The lowest BCUT2D eigenvalue weighted by Crippen LogP contribution is -2.78. The topological polar surface area (TPSA) is 21.8 Å². The number of nitrogens with one attached hydrogen (secondary N) is 1. The van der Waals surface area contributed by atoms with Crippen molar-refractivity contribution >= 4 is 8.72 Å². The van der Waals surface area contributed by atoms with Crippen molar-refractivity contribution in [2.45, 2.75) is 6.92 Å². The van der Waals surface area contributed by atoms with Gasteiger partial charge in [-0.3, -0.25) is 13.7 Å². The highest BCUT2D eigenvalue weighted by Gasteiger charge is 2.42. The van der Waals surface area contributed by atoms with E-state index < -0.39 is 8.72 Å². The Morgan fingerprint density at radius 1 is 0.846 bits per heavy atom. The minimum atomic E-state index is -1.78. The Kier molecular flexibility index (Phi) is 5.09. The van der Waals surface area contributed by atoms with Crippen LogP contribution in [0.4, 0.5) is 0 Å². The summed E-state index contributed by atoms with van der Waals surface area (Å²) in [6.07, 6.45) is 0. The van der Waals surface area contributed by atoms with Crippen molar-refractivity contribution in [3.63, 3.8) is 0 Å². The van der Waals surface area contributed by atoms with E-state index in [-0.39, 0.29) is 0 Å². The van der Waals surface area contributed by atoms with Crippen molar-refractivity contribution in [3.8, 4) is 0 Å². The Balaban J connectivity index is 4.82. The maximum absolute atomic E-state index is 3.61. The molecule has 0 bridgehead atoms. The van der Waals surface area contributed by atoms with E-state index in [1.807, 2.05) is 0 Å². The molecule has 0 aliphatic rings. The van der Waals surface area contributed by atoms with E-state index in [2.05, 4.69) is 67.9 Å². The molecule has 0 heterocycles. The first-order valence-corrected chi connectivity index (χ1v) is 6.51. The Labute approximate surface area is 83.8 Å². The van der Waals surface area contributed by atoms with Gasteiger partial charge in [-0.2, -0.15) is 0 Å². The zero-order chi connectivity index (χ0) is 10.6. The molecule has 13 heavy (non-hydrogen) atoms.